The average molecular weight is 218 g/mol. The monoisotopic (exact) mass is 218 g/mol. The molecule has 0 bridgehead atoms. The molecule has 1 unspecified atom stereocenters. The van der Waals surface area contributed by atoms with Crippen molar-refractivity contribution < 1.29 is 5.11 Å². The molecule has 1 atom stereocenters. The molecule has 0 aromatic heterocycles. The normalized spacial score (nSPS) is 20.1. The first-order valence-electron chi connectivity index (χ1n) is 5.77. The summed E-state index contributed by atoms with van der Waals surface area (Å²) in [6, 6.07) is 0. The first kappa shape index (κ1) is 13.0. The predicted molar refractivity (Wildman–Crippen MR) is 70.3 cm³/mol. The van der Waals surface area contributed by atoms with Crippen LogP contribution in [0.1, 0.15) is 40.0 Å². The van der Waals surface area contributed by atoms with Gasteiger partial charge in [-0.05, 0) is 44.8 Å². The van der Waals surface area contributed by atoms with Crippen LogP contribution in [0.4, 0.5) is 0 Å². The van der Waals surface area contributed by atoms with Crippen LogP contribution in [0.15, 0.2) is 47.6 Å². The molecule has 88 valence electrons. The highest BCUT2D eigenvalue weighted by Gasteiger charge is 2.21. The lowest BCUT2D eigenvalue weighted by Gasteiger charge is -2.25. The first-order valence-corrected chi connectivity index (χ1v) is 5.77. The Labute approximate surface area is 98.9 Å². The van der Waals surface area contributed by atoms with Gasteiger partial charge in [-0.15, -0.1) is 6.58 Å². The Balaban J connectivity index is 3.04. The molecule has 0 aromatic carbocycles. The van der Waals surface area contributed by atoms with Crippen LogP contribution in [0.5, 0.6) is 0 Å². The zero-order chi connectivity index (χ0) is 12.3. The molecule has 0 spiro atoms. The fraction of sp³-hybridized carbons (Fsp3) is 0.467. The number of hydrogen-bond donors (Lipinski definition) is 1. The van der Waals surface area contributed by atoms with Crippen molar-refractivity contribution in [2.75, 3.05) is 0 Å². The summed E-state index contributed by atoms with van der Waals surface area (Å²) in [5.41, 5.74) is 4.16. The molecule has 0 saturated carbocycles. The van der Waals surface area contributed by atoms with Crippen molar-refractivity contribution in [3.05, 3.63) is 47.6 Å². The standard InChI is InChI=1S/C15H22O/c1-6-15(5,16)10-13-9-12(4)7-8-14(13)11(2)3/h6,9,16H,1-2,7-8,10H2,3-5H3. The largest absolute Gasteiger partial charge is 0.386 e. The highest BCUT2D eigenvalue weighted by Crippen LogP contribution is 2.32. The second kappa shape index (κ2) is 4.84. The second-order valence-corrected chi connectivity index (χ2v) is 5.01. The summed E-state index contributed by atoms with van der Waals surface area (Å²) in [7, 11) is 0. The fourth-order valence-corrected chi connectivity index (χ4v) is 2.04. The maximum Gasteiger partial charge on any atom is 0.0837 e. The summed E-state index contributed by atoms with van der Waals surface area (Å²) in [6.07, 6.45) is 6.55. The van der Waals surface area contributed by atoms with Crippen LogP contribution < -0.4 is 0 Å². The summed E-state index contributed by atoms with van der Waals surface area (Å²) in [4.78, 5) is 0. The summed E-state index contributed by atoms with van der Waals surface area (Å²) in [5, 5.41) is 10.1. The minimum absolute atomic E-state index is 0.621. The molecular formula is C15H22O. The Bertz CT molecular complexity index is 367. The minimum atomic E-state index is -0.829. The van der Waals surface area contributed by atoms with E-state index in [-0.39, 0.29) is 0 Å². The Hall–Kier alpha value is -1.08. The van der Waals surface area contributed by atoms with Gasteiger partial charge in [0.1, 0.15) is 0 Å². The number of allylic oxidation sites excluding steroid dienone is 4. The summed E-state index contributed by atoms with van der Waals surface area (Å²) < 4.78 is 0. The third-order valence-electron chi connectivity index (χ3n) is 3.08. The van der Waals surface area contributed by atoms with Crippen molar-refractivity contribution in [1.82, 2.24) is 0 Å². The quantitative estimate of drug-likeness (QED) is 0.709. The Kier molecular flexibility index (Phi) is 3.93. The highest BCUT2D eigenvalue weighted by molar-refractivity contribution is 5.43. The molecule has 1 heteroatoms. The van der Waals surface area contributed by atoms with Crippen molar-refractivity contribution in [1.29, 1.82) is 0 Å². The van der Waals surface area contributed by atoms with Crippen molar-refractivity contribution >= 4 is 0 Å². The molecule has 0 fully saturated rings. The number of hydrogen-bond acceptors (Lipinski definition) is 1. The zero-order valence-corrected chi connectivity index (χ0v) is 10.6. The third-order valence-corrected chi connectivity index (χ3v) is 3.08. The van der Waals surface area contributed by atoms with Gasteiger partial charge < -0.3 is 5.11 Å². The van der Waals surface area contributed by atoms with Crippen LogP contribution in [-0.2, 0) is 0 Å². The van der Waals surface area contributed by atoms with Gasteiger partial charge in [0.2, 0.25) is 0 Å². The topological polar surface area (TPSA) is 20.2 Å². The van der Waals surface area contributed by atoms with E-state index in [1.165, 1.54) is 16.7 Å². The SMILES string of the molecule is C=CC(C)(O)CC1=C(C(=C)C)CCC(C)=C1. The van der Waals surface area contributed by atoms with E-state index in [0.29, 0.717) is 6.42 Å². The van der Waals surface area contributed by atoms with E-state index in [9.17, 15) is 5.11 Å². The molecule has 1 nitrogen and oxygen atoms in total. The van der Waals surface area contributed by atoms with Gasteiger partial charge in [0.05, 0.1) is 5.60 Å². The number of aliphatic hydroxyl groups is 1. The Morgan fingerprint density at radius 3 is 2.69 bits per heavy atom. The summed E-state index contributed by atoms with van der Waals surface area (Å²) in [6.45, 7) is 13.6. The molecule has 0 saturated heterocycles. The molecule has 1 aliphatic carbocycles. The van der Waals surface area contributed by atoms with E-state index in [2.05, 4.69) is 26.2 Å². The van der Waals surface area contributed by atoms with E-state index < -0.39 is 5.60 Å². The van der Waals surface area contributed by atoms with Gasteiger partial charge in [-0.3, -0.25) is 0 Å². The van der Waals surface area contributed by atoms with Gasteiger partial charge in [0.15, 0.2) is 0 Å². The van der Waals surface area contributed by atoms with Crippen molar-refractivity contribution in [2.45, 2.75) is 45.6 Å². The van der Waals surface area contributed by atoms with Gasteiger partial charge in [0, 0.05) is 6.42 Å². The lowest BCUT2D eigenvalue weighted by Crippen LogP contribution is -2.21. The molecule has 1 rings (SSSR count). The first-order chi connectivity index (χ1) is 7.35. The highest BCUT2D eigenvalue weighted by atomic mass is 16.3. The third kappa shape index (κ3) is 3.21. The van der Waals surface area contributed by atoms with E-state index in [1.54, 1.807) is 13.0 Å². The van der Waals surface area contributed by atoms with Crippen LogP contribution in [0.3, 0.4) is 0 Å². The summed E-state index contributed by atoms with van der Waals surface area (Å²) >= 11 is 0. The molecule has 0 aliphatic heterocycles. The van der Waals surface area contributed by atoms with Gasteiger partial charge in [0.25, 0.3) is 0 Å². The van der Waals surface area contributed by atoms with E-state index in [1.807, 2.05) is 6.92 Å². The van der Waals surface area contributed by atoms with Crippen molar-refractivity contribution in [2.24, 2.45) is 0 Å². The van der Waals surface area contributed by atoms with Gasteiger partial charge in [-0.25, -0.2) is 0 Å². The molecule has 0 heterocycles. The maximum absolute atomic E-state index is 10.1. The average Bonchev–Trinajstić information content (AvgIpc) is 2.16. The molecule has 16 heavy (non-hydrogen) atoms. The molecule has 1 aliphatic rings. The van der Waals surface area contributed by atoms with Gasteiger partial charge in [-0.2, -0.15) is 0 Å². The Morgan fingerprint density at radius 1 is 1.56 bits per heavy atom. The van der Waals surface area contributed by atoms with Crippen molar-refractivity contribution in [3.8, 4) is 0 Å². The van der Waals surface area contributed by atoms with Gasteiger partial charge in [-0.1, -0.05) is 29.9 Å². The lowest BCUT2D eigenvalue weighted by molar-refractivity contribution is 0.113. The molecule has 0 amide bonds. The van der Waals surface area contributed by atoms with Crippen LogP contribution in [0.2, 0.25) is 0 Å². The van der Waals surface area contributed by atoms with Crippen LogP contribution in [0.25, 0.3) is 0 Å². The van der Waals surface area contributed by atoms with Crippen LogP contribution in [0, 0.1) is 0 Å². The molecule has 0 aromatic rings. The predicted octanol–water partition coefficient (Wildman–Crippen LogP) is 3.93. The molecule has 1 N–H and O–H groups in total. The van der Waals surface area contributed by atoms with E-state index >= 15 is 0 Å². The molecule has 0 radical (unpaired) electrons. The lowest BCUT2D eigenvalue weighted by atomic mass is 9.84. The second-order valence-electron chi connectivity index (χ2n) is 5.01. The van der Waals surface area contributed by atoms with E-state index in [4.69, 9.17) is 0 Å². The smallest absolute Gasteiger partial charge is 0.0837 e. The van der Waals surface area contributed by atoms with Crippen molar-refractivity contribution in [3.63, 3.8) is 0 Å². The van der Waals surface area contributed by atoms with Gasteiger partial charge >= 0.3 is 0 Å². The van der Waals surface area contributed by atoms with Crippen LogP contribution >= 0.6 is 0 Å². The number of rotatable bonds is 4. The summed E-state index contributed by atoms with van der Waals surface area (Å²) in [5.74, 6) is 0. The molecular weight excluding hydrogens is 196 g/mol. The zero-order valence-electron chi connectivity index (χ0n) is 10.6. The maximum atomic E-state index is 10.1. The van der Waals surface area contributed by atoms with E-state index in [0.717, 1.165) is 18.4 Å². The fourth-order valence-electron chi connectivity index (χ4n) is 2.04. The van der Waals surface area contributed by atoms with Crippen LogP contribution in [-0.4, -0.2) is 10.7 Å². The minimum Gasteiger partial charge on any atom is -0.386 e. The Morgan fingerprint density at radius 2 is 2.19 bits per heavy atom.